The van der Waals surface area contributed by atoms with E-state index in [-0.39, 0.29) is 0 Å². The third kappa shape index (κ3) is 4.31. The van der Waals surface area contributed by atoms with E-state index in [4.69, 9.17) is 19.8 Å². The minimum atomic E-state index is 0.532. The summed E-state index contributed by atoms with van der Waals surface area (Å²) in [6.45, 7) is 4.77. The number of hydrogen-bond acceptors (Lipinski definition) is 6. The highest BCUT2D eigenvalue weighted by Crippen LogP contribution is 2.36. The normalized spacial score (nSPS) is 14.9. The van der Waals surface area contributed by atoms with Gasteiger partial charge in [-0.25, -0.2) is 9.97 Å². The molecule has 2 aromatic carbocycles. The van der Waals surface area contributed by atoms with Crippen LogP contribution in [0, 0.1) is 6.92 Å². The first-order chi connectivity index (χ1) is 19.6. The van der Waals surface area contributed by atoms with E-state index in [0.717, 1.165) is 71.0 Å². The minimum Gasteiger partial charge on any atom is -0.497 e. The minimum absolute atomic E-state index is 0.532. The summed E-state index contributed by atoms with van der Waals surface area (Å²) in [5.74, 6) is 1.85. The molecule has 3 aromatic heterocycles. The van der Waals surface area contributed by atoms with Gasteiger partial charge in [-0.1, -0.05) is 30.3 Å². The predicted molar refractivity (Wildman–Crippen MR) is 160 cm³/mol. The molecule has 0 unspecified atom stereocenters. The number of benzene rings is 2. The van der Waals surface area contributed by atoms with Crippen molar-refractivity contribution in [2.45, 2.75) is 38.8 Å². The largest absolute Gasteiger partial charge is 0.497 e. The van der Waals surface area contributed by atoms with Crippen molar-refractivity contribution in [2.24, 2.45) is 0 Å². The molecule has 2 aliphatic rings. The summed E-state index contributed by atoms with van der Waals surface area (Å²) in [4.78, 5) is 12.5. The second kappa shape index (κ2) is 10.1. The Hall–Kier alpha value is -4.23. The van der Waals surface area contributed by atoms with Crippen molar-refractivity contribution in [1.29, 1.82) is 0 Å². The highest BCUT2D eigenvalue weighted by Gasteiger charge is 2.26. The van der Waals surface area contributed by atoms with Crippen LogP contribution in [0.25, 0.3) is 33.5 Å². The number of aromatic nitrogens is 4. The summed E-state index contributed by atoms with van der Waals surface area (Å²) in [7, 11) is 3.70. The summed E-state index contributed by atoms with van der Waals surface area (Å²) < 4.78 is 7.43. The average Bonchev–Trinajstić information content (AvgIpc) is 3.58. The van der Waals surface area contributed by atoms with E-state index in [0.29, 0.717) is 12.6 Å². The van der Waals surface area contributed by atoms with Gasteiger partial charge in [-0.15, -0.1) is 0 Å². The van der Waals surface area contributed by atoms with Crippen molar-refractivity contribution in [3.63, 3.8) is 0 Å². The smallest absolute Gasteiger partial charge is 0.128 e. The molecule has 0 saturated carbocycles. The van der Waals surface area contributed by atoms with Gasteiger partial charge in [0.15, 0.2) is 0 Å². The van der Waals surface area contributed by atoms with Gasteiger partial charge in [0.2, 0.25) is 0 Å². The van der Waals surface area contributed by atoms with Crippen LogP contribution in [0.15, 0.2) is 66.9 Å². The molecule has 0 bridgehead atoms. The Bertz CT molecular complexity index is 1680. The van der Waals surface area contributed by atoms with E-state index in [2.05, 4.69) is 70.4 Å². The average molecular weight is 531 g/mol. The molecule has 7 heteroatoms. The lowest BCUT2D eigenvalue weighted by Crippen LogP contribution is -2.57. The van der Waals surface area contributed by atoms with Crippen molar-refractivity contribution < 1.29 is 4.74 Å². The Kier molecular flexibility index (Phi) is 6.24. The van der Waals surface area contributed by atoms with Gasteiger partial charge < -0.3 is 15.0 Å². The maximum absolute atomic E-state index is 5.36. The number of anilines is 1. The zero-order valence-electron chi connectivity index (χ0n) is 23.3. The summed E-state index contributed by atoms with van der Waals surface area (Å²) in [5.41, 5.74) is 11.3. The molecule has 1 aliphatic heterocycles. The van der Waals surface area contributed by atoms with E-state index in [9.17, 15) is 0 Å². The summed E-state index contributed by atoms with van der Waals surface area (Å²) >= 11 is 0. The first-order valence-electron chi connectivity index (χ1n) is 14.1. The number of nitrogens with one attached hydrogen (secondary N) is 1. The fourth-order valence-corrected chi connectivity index (χ4v) is 6.09. The number of fused-ring (bicyclic) bond motifs is 2. The van der Waals surface area contributed by atoms with E-state index in [1.165, 1.54) is 28.7 Å². The Morgan fingerprint density at radius 2 is 1.85 bits per heavy atom. The second-order valence-corrected chi connectivity index (χ2v) is 11.0. The van der Waals surface area contributed by atoms with Gasteiger partial charge in [0.05, 0.1) is 24.9 Å². The Labute approximate surface area is 234 Å². The topological polar surface area (TPSA) is 68.1 Å². The van der Waals surface area contributed by atoms with Crippen molar-refractivity contribution in [2.75, 3.05) is 32.1 Å². The lowest BCUT2D eigenvalue weighted by molar-refractivity contribution is 0.414. The van der Waals surface area contributed by atoms with E-state index < -0.39 is 0 Å². The lowest BCUT2D eigenvalue weighted by Gasteiger charge is -2.39. The van der Waals surface area contributed by atoms with Crippen LogP contribution in [-0.2, 0) is 19.4 Å². The highest BCUT2D eigenvalue weighted by molar-refractivity contribution is 5.92. The molecule has 5 aromatic rings. The second-order valence-electron chi connectivity index (χ2n) is 11.0. The van der Waals surface area contributed by atoms with Crippen molar-refractivity contribution in [1.82, 2.24) is 25.1 Å². The monoisotopic (exact) mass is 530 g/mol. The molecule has 1 N–H and O–H groups in total. The molecule has 0 spiro atoms. The zero-order chi connectivity index (χ0) is 27.2. The van der Waals surface area contributed by atoms with Crippen LogP contribution in [0.3, 0.4) is 0 Å². The first-order valence-corrected chi connectivity index (χ1v) is 14.1. The molecule has 1 saturated heterocycles. The van der Waals surface area contributed by atoms with Crippen molar-refractivity contribution >= 4 is 16.9 Å². The quantitative estimate of drug-likeness (QED) is 0.303. The number of hydrogen-bond donors (Lipinski definition) is 1. The molecule has 202 valence electrons. The van der Waals surface area contributed by atoms with E-state index in [1.807, 2.05) is 25.4 Å². The van der Waals surface area contributed by atoms with Crippen molar-refractivity contribution in [3.05, 3.63) is 89.1 Å². The number of pyridine rings is 2. The molecule has 0 radical (unpaired) electrons. The molecule has 0 atom stereocenters. The van der Waals surface area contributed by atoms with Gasteiger partial charge in [-0.2, -0.15) is 5.10 Å². The van der Waals surface area contributed by atoms with Gasteiger partial charge in [-0.05, 0) is 85.8 Å². The number of likely N-dealkylation sites (N-methyl/N-ethyl adjacent to an activating group) is 1. The summed E-state index contributed by atoms with van der Waals surface area (Å²) in [5, 5.41) is 8.47. The van der Waals surface area contributed by atoms with Gasteiger partial charge in [0.1, 0.15) is 22.8 Å². The highest BCUT2D eigenvalue weighted by atomic mass is 16.5. The van der Waals surface area contributed by atoms with Crippen LogP contribution in [0.2, 0.25) is 0 Å². The number of methoxy groups -OCH3 is 1. The Balaban J connectivity index is 1.33. The SMILES string of the molecule is CNC1CN(c2ccc(-c3nn(Cc4ccc(OC)cc4)c4cc(C)c(-c5cccc6c5CCC6)nc34)cn2)C1. The number of aryl methyl sites for hydroxylation is 2. The van der Waals surface area contributed by atoms with Gasteiger partial charge >= 0.3 is 0 Å². The Morgan fingerprint density at radius 1 is 1.00 bits per heavy atom. The molecule has 4 heterocycles. The van der Waals surface area contributed by atoms with Crippen LogP contribution < -0.4 is 15.0 Å². The number of ether oxygens (including phenoxy) is 1. The van der Waals surface area contributed by atoms with E-state index >= 15 is 0 Å². The van der Waals surface area contributed by atoms with Gasteiger partial charge in [-0.3, -0.25) is 4.68 Å². The summed E-state index contributed by atoms with van der Waals surface area (Å²) in [6, 6.07) is 21.9. The van der Waals surface area contributed by atoms with Crippen LogP contribution in [0.5, 0.6) is 5.75 Å². The molecular weight excluding hydrogens is 496 g/mol. The van der Waals surface area contributed by atoms with E-state index in [1.54, 1.807) is 7.11 Å². The molecule has 1 fully saturated rings. The fourth-order valence-electron chi connectivity index (χ4n) is 6.09. The molecule has 7 nitrogen and oxygen atoms in total. The zero-order valence-corrected chi connectivity index (χ0v) is 23.3. The fraction of sp³-hybridized carbons (Fsp3) is 0.303. The lowest BCUT2D eigenvalue weighted by atomic mass is 9.97. The molecule has 7 rings (SSSR count). The van der Waals surface area contributed by atoms with Crippen LogP contribution in [-0.4, -0.2) is 53.0 Å². The van der Waals surface area contributed by atoms with Crippen LogP contribution >= 0.6 is 0 Å². The summed E-state index contributed by atoms with van der Waals surface area (Å²) in [6.07, 6.45) is 5.43. The molecule has 40 heavy (non-hydrogen) atoms. The van der Waals surface area contributed by atoms with Gasteiger partial charge in [0, 0.05) is 36.5 Å². The Morgan fingerprint density at radius 3 is 2.60 bits per heavy atom. The standard InChI is InChI=1S/C33H34N6O/c1-21-16-29-33(36-31(21)28-9-5-7-23-6-4-8-27(23)28)32(37-39(29)18-22-10-13-26(40-3)14-11-22)24-12-15-30(35-17-24)38-19-25(20-38)34-2/h5,7,9-17,25,34H,4,6,8,18-20H2,1-3H3. The maximum atomic E-state index is 5.36. The predicted octanol–water partition coefficient (Wildman–Crippen LogP) is 5.42. The number of nitrogens with zero attached hydrogens (tertiary/aromatic N) is 5. The first kappa shape index (κ1) is 24.8. The molecular formula is C33H34N6O. The third-order valence-electron chi connectivity index (χ3n) is 8.44. The maximum Gasteiger partial charge on any atom is 0.128 e. The van der Waals surface area contributed by atoms with Crippen LogP contribution in [0.1, 0.15) is 28.7 Å². The molecule has 0 amide bonds. The van der Waals surface area contributed by atoms with Gasteiger partial charge in [0.25, 0.3) is 0 Å². The number of rotatable bonds is 7. The molecule has 1 aliphatic carbocycles. The van der Waals surface area contributed by atoms with Crippen molar-refractivity contribution in [3.8, 4) is 28.3 Å². The van der Waals surface area contributed by atoms with Crippen LogP contribution in [0.4, 0.5) is 5.82 Å². The third-order valence-corrected chi connectivity index (χ3v) is 8.44.